The van der Waals surface area contributed by atoms with Gasteiger partial charge >= 0.3 is 0 Å². The molecule has 5 nitrogen and oxygen atoms in total. The van der Waals surface area contributed by atoms with Gasteiger partial charge in [0.05, 0.1) is 19.3 Å². The van der Waals surface area contributed by atoms with Gasteiger partial charge in [-0.1, -0.05) is 6.92 Å². The third kappa shape index (κ3) is 1.95. The number of rotatable bonds is 4. The van der Waals surface area contributed by atoms with Gasteiger partial charge in [0, 0.05) is 12.3 Å². The van der Waals surface area contributed by atoms with Crippen LogP contribution in [-0.2, 0) is 9.53 Å². The Bertz CT molecular complexity index is 217. The van der Waals surface area contributed by atoms with Crippen molar-refractivity contribution in [1.29, 1.82) is 0 Å². The van der Waals surface area contributed by atoms with Crippen molar-refractivity contribution in [3.8, 4) is 0 Å². The van der Waals surface area contributed by atoms with Crippen molar-refractivity contribution in [2.75, 3.05) is 19.8 Å². The van der Waals surface area contributed by atoms with Crippen LogP contribution in [0, 0.1) is 5.92 Å². The molecule has 3 atom stereocenters. The normalized spacial score (nSPS) is 37.4. The zero-order valence-electron chi connectivity index (χ0n) is 8.14. The minimum Gasteiger partial charge on any atom is -0.393 e. The van der Waals surface area contributed by atoms with Crippen LogP contribution in [0.25, 0.3) is 0 Å². The van der Waals surface area contributed by atoms with E-state index in [1.807, 2.05) is 0 Å². The third-order valence-corrected chi connectivity index (χ3v) is 2.89. The summed E-state index contributed by atoms with van der Waals surface area (Å²) in [5.74, 6) is -0.692. The van der Waals surface area contributed by atoms with Crippen LogP contribution in [0.4, 0.5) is 0 Å². The minimum absolute atomic E-state index is 0.0573. The zero-order valence-corrected chi connectivity index (χ0v) is 8.14. The Kier molecular flexibility index (Phi) is 3.60. The van der Waals surface area contributed by atoms with Gasteiger partial charge in [-0.25, -0.2) is 0 Å². The fourth-order valence-corrected chi connectivity index (χ4v) is 1.72. The predicted octanol–water partition coefficient (Wildman–Crippen LogP) is -1.30. The van der Waals surface area contributed by atoms with E-state index in [1.54, 1.807) is 6.92 Å². The van der Waals surface area contributed by atoms with Gasteiger partial charge in [0.25, 0.3) is 0 Å². The van der Waals surface area contributed by atoms with E-state index in [1.165, 1.54) is 0 Å². The molecular formula is C9H16O5. The molecule has 0 bridgehead atoms. The lowest BCUT2D eigenvalue weighted by molar-refractivity contribution is -0.132. The van der Waals surface area contributed by atoms with E-state index in [0.717, 1.165) is 0 Å². The molecule has 1 aliphatic heterocycles. The second-order valence-electron chi connectivity index (χ2n) is 3.76. The number of ether oxygens (including phenoxy) is 1. The molecule has 0 radical (unpaired) electrons. The van der Waals surface area contributed by atoms with Crippen molar-refractivity contribution in [2.24, 2.45) is 5.92 Å². The Morgan fingerprint density at radius 3 is 2.57 bits per heavy atom. The van der Waals surface area contributed by atoms with E-state index in [9.17, 15) is 15.0 Å². The summed E-state index contributed by atoms with van der Waals surface area (Å²) in [6.45, 7) is 0.962. The summed E-state index contributed by atoms with van der Waals surface area (Å²) in [7, 11) is 0. The lowest BCUT2D eigenvalue weighted by atomic mass is 9.84. The first kappa shape index (κ1) is 11.6. The SMILES string of the molecule is C[C@H]1[C@H](O)CO[C@]1(CO)CC(=O)CO. The smallest absolute Gasteiger partial charge is 0.161 e. The summed E-state index contributed by atoms with van der Waals surface area (Å²) < 4.78 is 5.25. The standard InChI is InChI=1S/C9H16O5/c1-6-8(13)4-14-9(6,5-11)2-7(12)3-10/h6,8,10-11,13H,2-5H2,1H3/t6-,8+,9-/m0/s1. The maximum atomic E-state index is 11.1. The molecule has 0 saturated carbocycles. The topological polar surface area (TPSA) is 87.0 Å². The van der Waals surface area contributed by atoms with Crippen LogP contribution in [0.15, 0.2) is 0 Å². The summed E-state index contributed by atoms with van der Waals surface area (Å²) >= 11 is 0. The molecule has 0 aromatic carbocycles. The molecule has 82 valence electrons. The molecule has 5 heteroatoms. The lowest BCUT2D eigenvalue weighted by Crippen LogP contribution is -2.43. The molecule has 1 rings (SSSR count). The molecule has 1 fully saturated rings. The number of carbonyl (C=O) groups excluding carboxylic acids is 1. The highest BCUT2D eigenvalue weighted by Gasteiger charge is 2.47. The molecular weight excluding hydrogens is 188 g/mol. The van der Waals surface area contributed by atoms with E-state index >= 15 is 0 Å². The number of Topliss-reactive ketones (excluding diaryl/α,β-unsaturated/α-hetero) is 1. The van der Waals surface area contributed by atoms with Crippen molar-refractivity contribution in [2.45, 2.75) is 25.0 Å². The first-order valence-corrected chi connectivity index (χ1v) is 4.61. The molecule has 1 aliphatic rings. The Morgan fingerprint density at radius 1 is 1.57 bits per heavy atom. The number of aliphatic hydroxyl groups is 3. The number of hydrogen-bond acceptors (Lipinski definition) is 5. The summed E-state index contributed by atoms with van der Waals surface area (Å²) in [5, 5.41) is 27.2. The van der Waals surface area contributed by atoms with E-state index in [-0.39, 0.29) is 31.3 Å². The molecule has 1 heterocycles. The van der Waals surface area contributed by atoms with Crippen molar-refractivity contribution < 1.29 is 24.9 Å². The number of ketones is 1. The molecule has 0 spiro atoms. The molecule has 1 saturated heterocycles. The largest absolute Gasteiger partial charge is 0.393 e. The van der Waals surface area contributed by atoms with Crippen LogP contribution in [0.3, 0.4) is 0 Å². The quantitative estimate of drug-likeness (QED) is 0.529. The maximum absolute atomic E-state index is 11.1. The van der Waals surface area contributed by atoms with Crippen molar-refractivity contribution in [3.63, 3.8) is 0 Å². The van der Waals surface area contributed by atoms with Crippen LogP contribution >= 0.6 is 0 Å². The van der Waals surface area contributed by atoms with Crippen LogP contribution in [-0.4, -0.2) is 52.6 Å². The predicted molar refractivity (Wildman–Crippen MR) is 47.6 cm³/mol. The van der Waals surface area contributed by atoms with Gasteiger partial charge in [-0.05, 0) is 0 Å². The van der Waals surface area contributed by atoms with Gasteiger partial charge in [0.2, 0.25) is 0 Å². The van der Waals surface area contributed by atoms with Gasteiger partial charge in [0.1, 0.15) is 12.2 Å². The van der Waals surface area contributed by atoms with Crippen molar-refractivity contribution in [1.82, 2.24) is 0 Å². The van der Waals surface area contributed by atoms with Crippen LogP contribution in [0.1, 0.15) is 13.3 Å². The van der Waals surface area contributed by atoms with Crippen molar-refractivity contribution >= 4 is 5.78 Å². The van der Waals surface area contributed by atoms with Crippen LogP contribution in [0.5, 0.6) is 0 Å². The van der Waals surface area contributed by atoms with Gasteiger partial charge in [-0.3, -0.25) is 4.79 Å². The second kappa shape index (κ2) is 4.35. The van der Waals surface area contributed by atoms with Crippen LogP contribution in [0.2, 0.25) is 0 Å². The monoisotopic (exact) mass is 204 g/mol. The number of aliphatic hydroxyl groups excluding tert-OH is 3. The number of carbonyl (C=O) groups is 1. The highest BCUT2D eigenvalue weighted by atomic mass is 16.5. The highest BCUT2D eigenvalue weighted by Crippen LogP contribution is 2.34. The highest BCUT2D eigenvalue weighted by molar-refractivity contribution is 5.80. The fraction of sp³-hybridized carbons (Fsp3) is 0.889. The van der Waals surface area contributed by atoms with E-state index < -0.39 is 18.3 Å². The first-order chi connectivity index (χ1) is 6.55. The van der Waals surface area contributed by atoms with Gasteiger partial charge in [0.15, 0.2) is 5.78 Å². The van der Waals surface area contributed by atoms with Gasteiger partial charge < -0.3 is 20.1 Å². The Morgan fingerprint density at radius 2 is 2.21 bits per heavy atom. The summed E-state index contributed by atoms with van der Waals surface area (Å²) in [6, 6.07) is 0. The Labute approximate surface area is 82.3 Å². The Balaban J connectivity index is 2.72. The fourth-order valence-electron chi connectivity index (χ4n) is 1.72. The molecule has 0 aliphatic carbocycles. The average molecular weight is 204 g/mol. The lowest BCUT2D eigenvalue weighted by Gasteiger charge is -2.30. The third-order valence-electron chi connectivity index (χ3n) is 2.89. The van der Waals surface area contributed by atoms with Gasteiger partial charge in [-0.2, -0.15) is 0 Å². The van der Waals surface area contributed by atoms with Crippen molar-refractivity contribution in [3.05, 3.63) is 0 Å². The van der Waals surface area contributed by atoms with Gasteiger partial charge in [-0.15, -0.1) is 0 Å². The summed E-state index contributed by atoms with van der Waals surface area (Å²) in [4.78, 5) is 11.1. The molecule has 0 amide bonds. The second-order valence-corrected chi connectivity index (χ2v) is 3.76. The molecule has 0 aromatic rings. The van der Waals surface area contributed by atoms with E-state index in [2.05, 4.69) is 0 Å². The summed E-state index contributed by atoms with van der Waals surface area (Å²) in [6.07, 6.45) is -0.716. The average Bonchev–Trinajstić information content (AvgIpc) is 2.47. The first-order valence-electron chi connectivity index (χ1n) is 4.61. The molecule has 3 N–H and O–H groups in total. The minimum atomic E-state index is -1.01. The van der Waals surface area contributed by atoms with E-state index in [4.69, 9.17) is 9.84 Å². The Hall–Kier alpha value is -0.490. The molecule has 0 aromatic heterocycles. The molecule has 0 unspecified atom stereocenters. The molecule has 14 heavy (non-hydrogen) atoms. The zero-order chi connectivity index (χ0) is 10.8. The number of hydrogen-bond donors (Lipinski definition) is 3. The maximum Gasteiger partial charge on any atom is 0.161 e. The van der Waals surface area contributed by atoms with E-state index in [0.29, 0.717) is 0 Å². The van der Waals surface area contributed by atoms with Crippen LogP contribution < -0.4 is 0 Å². The summed E-state index contributed by atoms with van der Waals surface area (Å²) in [5.41, 5.74) is -1.01.